The molecule has 0 saturated heterocycles. The molecule has 9 nitrogen and oxygen atoms in total. The third-order valence-electron chi connectivity index (χ3n) is 5.46. The third-order valence-corrected chi connectivity index (χ3v) is 6.61. The number of hydrogen-bond donors (Lipinski definition) is 2. The molecule has 0 bridgehead atoms. The van der Waals surface area contributed by atoms with Gasteiger partial charge in [0.25, 0.3) is 11.8 Å². The summed E-state index contributed by atoms with van der Waals surface area (Å²) in [6.07, 6.45) is 2.95. The van der Waals surface area contributed by atoms with Gasteiger partial charge in [-0.25, -0.2) is 5.43 Å². The molecule has 36 heavy (non-hydrogen) atoms. The normalized spacial score (nSPS) is 11.0. The molecule has 0 saturated carbocycles. The van der Waals surface area contributed by atoms with E-state index in [4.69, 9.17) is 9.15 Å². The molecule has 0 spiro atoms. The van der Waals surface area contributed by atoms with Crippen LogP contribution in [0.4, 0.5) is 5.69 Å². The molecule has 184 valence electrons. The third kappa shape index (κ3) is 5.55. The Morgan fingerprint density at radius 2 is 1.94 bits per heavy atom. The minimum Gasteiger partial charge on any atom is -0.496 e. The number of halogens is 1. The van der Waals surface area contributed by atoms with Crippen LogP contribution in [0.2, 0.25) is 0 Å². The lowest BCUT2D eigenvalue weighted by atomic mass is 10.1. The standard InChI is InChI=1S/C26H24BrN5O4/c1-16-24(27)17(2)32(31-16)15-19-13-18(10-11-22(19)35-3)14-28-30-25(33)20-7-4-5-8-21(20)29-26(34)23-9-6-12-36-23/h4-14H,15H2,1-3H3,(H,29,34)(H,30,33)/b28-14-. The van der Waals surface area contributed by atoms with E-state index in [1.807, 2.05) is 36.7 Å². The fraction of sp³-hybridized carbons (Fsp3) is 0.154. The fourth-order valence-electron chi connectivity index (χ4n) is 3.60. The van der Waals surface area contributed by atoms with Gasteiger partial charge < -0.3 is 14.5 Å². The lowest BCUT2D eigenvalue weighted by Gasteiger charge is -2.11. The number of rotatable bonds is 8. The molecule has 0 radical (unpaired) electrons. The maximum atomic E-state index is 12.8. The molecule has 2 heterocycles. The highest BCUT2D eigenvalue weighted by Crippen LogP contribution is 2.24. The van der Waals surface area contributed by atoms with Crippen LogP contribution in [0.3, 0.4) is 0 Å². The van der Waals surface area contributed by atoms with Gasteiger partial charge in [-0.3, -0.25) is 14.3 Å². The molecule has 0 atom stereocenters. The SMILES string of the molecule is COc1ccc(/C=N\NC(=O)c2ccccc2NC(=O)c2ccco2)cc1Cn1nc(C)c(Br)c1C. The quantitative estimate of drug-likeness (QED) is 0.239. The molecule has 4 aromatic rings. The van der Waals surface area contributed by atoms with Crippen molar-refractivity contribution < 1.29 is 18.7 Å². The summed E-state index contributed by atoms with van der Waals surface area (Å²) in [5.74, 6) is -0.0561. The van der Waals surface area contributed by atoms with Gasteiger partial charge in [0.05, 0.1) is 53.2 Å². The lowest BCUT2D eigenvalue weighted by Crippen LogP contribution is -2.21. The van der Waals surface area contributed by atoms with E-state index in [1.54, 1.807) is 49.7 Å². The Morgan fingerprint density at radius 1 is 1.14 bits per heavy atom. The Morgan fingerprint density at radius 3 is 2.64 bits per heavy atom. The predicted molar refractivity (Wildman–Crippen MR) is 140 cm³/mol. The van der Waals surface area contributed by atoms with Crippen LogP contribution >= 0.6 is 15.9 Å². The first-order chi connectivity index (χ1) is 17.4. The van der Waals surface area contributed by atoms with Crippen molar-refractivity contribution in [3.63, 3.8) is 0 Å². The zero-order chi connectivity index (χ0) is 25.7. The van der Waals surface area contributed by atoms with Crippen LogP contribution in [0.15, 0.2) is 74.9 Å². The van der Waals surface area contributed by atoms with Crippen LogP contribution < -0.4 is 15.5 Å². The van der Waals surface area contributed by atoms with Gasteiger partial charge in [0.1, 0.15) is 5.75 Å². The Hall–Kier alpha value is -4.18. The van der Waals surface area contributed by atoms with Crippen LogP contribution in [0, 0.1) is 13.8 Å². The van der Waals surface area contributed by atoms with Crippen molar-refractivity contribution in [3.8, 4) is 5.75 Å². The van der Waals surface area contributed by atoms with Crippen molar-refractivity contribution in [2.75, 3.05) is 12.4 Å². The molecular formula is C26H24BrN5O4. The molecule has 2 aromatic carbocycles. The highest BCUT2D eigenvalue weighted by Gasteiger charge is 2.15. The van der Waals surface area contributed by atoms with Gasteiger partial charge in [0.2, 0.25) is 0 Å². The summed E-state index contributed by atoms with van der Waals surface area (Å²) in [5, 5.41) is 11.3. The first-order valence-electron chi connectivity index (χ1n) is 11.0. The second kappa shape index (κ2) is 11.0. The molecule has 2 amide bonds. The van der Waals surface area contributed by atoms with Crippen molar-refractivity contribution in [3.05, 3.63) is 99.2 Å². The molecular weight excluding hydrogens is 526 g/mol. The van der Waals surface area contributed by atoms with E-state index >= 15 is 0 Å². The zero-order valence-electron chi connectivity index (χ0n) is 19.9. The highest BCUT2D eigenvalue weighted by molar-refractivity contribution is 9.10. The number of ether oxygens (including phenoxy) is 1. The number of para-hydroxylation sites is 1. The van der Waals surface area contributed by atoms with E-state index in [0.717, 1.165) is 32.7 Å². The maximum Gasteiger partial charge on any atom is 0.291 e. The van der Waals surface area contributed by atoms with Crippen molar-refractivity contribution in [1.29, 1.82) is 0 Å². The van der Waals surface area contributed by atoms with Gasteiger partial charge in [0, 0.05) is 5.56 Å². The Bertz CT molecular complexity index is 1430. The summed E-state index contributed by atoms with van der Waals surface area (Å²) in [6, 6.07) is 15.4. The molecule has 2 N–H and O–H groups in total. The molecule has 0 aliphatic heterocycles. The van der Waals surface area contributed by atoms with Crippen molar-refractivity contribution in [2.45, 2.75) is 20.4 Å². The number of amides is 2. The van der Waals surface area contributed by atoms with E-state index in [1.165, 1.54) is 6.26 Å². The van der Waals surface area contributed by atoms with Gasteiger partial charge in [-0.05, 0) is 77.8 Å². The molecule has 0 aliphatic carbocycles. The summed E-state index contributed by atoms with van der Waals surface area (Å²) >= 11 is 3.55. The number of nitrogens with one attached hydrogen (secondary N) is 2. The fourth-order valence-corrected chi connectivity index (χ4v) is 3.88. The Kier molecular flexibility index (Phi) is 7.65. The Labute approximate surface area is 216 Å². The largest absolute Gasteiger partial charge is 0.496 e. The minimum atomic E-state index is -0.470. The van der Waals surface area contributed by atoms with E-state index in [-0.39, 0.29) is 11.3 Å². The number of carbonyl (C=O) groups is 2. The zero-order valence-corrected chi connectivity index (χ0v) is 21.5. The van der Waals surface area contributed by atoms with E-state index in [0.29, 0.717) is 12.2 Å². The number of carbonyl (C=O) groups excluding carboxylic acids is 2. The van der Waals surface area contributed by atoms with Crippen molar-refractivity contribution >= 4 is 39.6 Å². The van der Waals surface area contributed by atoms with E-state index in [2.05, 4.69) is 36.9 Å². The van der Waals surface area contributed by atoms with Gasteiger partial charge in [0.15, 0.2) is 5.76 Å². The number of aryl methyl sites for hydroxylation is 1. The molecule has 2 aromatic heterocycles. The van der Waals surface area contributed by atoms with Crippen molar-refractivity contribution in [1.82, 2.24) is 15.2 Å². The number of benzene rings is 2. The number of hydrazone groups is 1. The predicted octanol–water partition coefficient (Wildman–Crippen LogP) is 4.93. The van der Waals surface area contributed by atoms with Crippen LogP contribution in [0.25, 0.3) is 0 Å². The Balaban J connectivity index is 1.47. The van der Waals surface area contributed by atoms with Gasteiger partial charge >= 0.3 is 0 Å². The summed E-state index contributed by atoms with van der Waals surface area (Å²) in [7, 11) is 1.62. The van der Waals surface area contributed by atoms with Gasteiger partial charge in [-0.15, -0.1) is 0 Å². The molecule has 0 fully saturated rings. The second-order valence-corrected chi connectivity index (χ2v) is 8.68. The molecule has 4 rings (SSSR count). The van der Waals surface area contributed by atoms with Crippen LogP contribution in [-0.2, 0) is 6.54 Å². The van der Waals surface area contributed by atoms with Crippen LogP contribution in [0.1, 0.15) is 43.4 Å². The van der Waals surface area contributed by atoms with Crippen LogP contribution in [-0.4, -0.2) is 34.9 Å². The average Bonchev–Trinajstić information content (AvgIpc) is 3.50. The smallest absolute Gasteiger partial charge is 0.291 e. The average molecular weight is 550 g/mol. The number of aromatic nitrogens is 2. The number of nitrogens with zero attached hydrogens (tertiary/aromatic N) is 3. The number of hydrogen-bond acceptors (Lipinski definition) is 6. The summed E-state index contributed by atoms with van der Waals surface area (Å²) in [5.41, 5.74) is 6.73. The summed E-state index contributed by atoms with van der Waals surface area (Å²) < 4.78 is 13.5. The van der Waals surface area contributed by atoms with Crippen LogP contribution in [0.5, 0.6) is 5.75 Å². The van der Waals surface area contributed by atoms with E-state index < -0.39 is 11.8 Å². The number of anilines is 1. The number of furan rings is 1. The topological polar surface area (TPSA) is 111 Å². The monoisotopic (exact) mass is 549 g/mol. The second-order valence-electron chi connectivity index (χ2n) is 7.89. The first-order valence-corrected chi connectivity index (χ1v) is 11.8. The minimum absolute atomic E-state index is 0.145. The molecule has 0 aliphatic rings. The highest BCUT2D eigenvalue weighted by atomic mass is 79.9. The van der Waals surface area contributed by atoms with E-state index in [9.17, 15) is 9.59 Å². The van der Waals surface area contributed by atoms with Gasteiger partial charge in [-0.1, -0.05) is 12.1 Å². The summed E-state index contributed by atoms with van der Waals surface area (Å²) in [4.78, 5) is 25.1. The van der Waals surface area contributed by atoms with Crippen molar-refractivity contribution in [2.24, 2.45) is 5.10 Å². The number of methoxy groups -OCH3 is 1. The first kappa shape index (κ1) is 24.9. The molecule has 0 unspecified atom stereocenters. The lowest BCUT2D eigenvalue weighted by molar-refractivity contribution is 0.0956. The molecule has 10 heteroatoms. The maximum absolute atomic E-state index is 12.8. The summed E-state index contributed by atoms with van der Waals surface area (Å²) in [6.45, 7) is 4.45. The van der Waals surface area contributed by atoms with Gasteiger partial charge in [-0.2, -0.15) is 10.2 Å².